The van der Waals surface area contributed by atoms with Crippen molar-refractivity contribution in [2.75, 3.05) is 5.32 Å². The predicted molar refractivity (Wildman–Crippen MR) is 97.8 cm³/mol. The smallest absolute Gasteiger partial charge is 0.262 e. The highest BCUT2D eigenvalue weighted by molar-refractivity contribution is 7.18. The molecule has 25 heavy (non-hydrogen) atoms. The van der Waals surface area contributed by atoms with Crippen LogP contribution >= 0.6 is 11.3 Å². The van der Waals surface area contributed by atoms with E-state index in [9.17, 15) is 9.59 Å². The van der Waals surface area contributed by atoms with Crippen molar-refractivity contribution in [2.45, 2.75) is 26.8 Å². The molecule has 0 fully saturated rings. The minimum atomic E-state index is -0.379. The number of amides is 1. The Bertz CT molecular complexity index is 1060. The standard InChI is InChI=1S/C18H16N4O2S/c1-3-13-11(2)25-17-16(13)18(24)22(10-20-17)9-15(23)21-14-7-5-4-6-12(14)8-19/h4-7,10H,3,9H2,1-2H3,(H,21,23). The number of carbonyl (C=O) groups excluding carboxylic acids is 1. The molecule has 126 valence electrons. The van der Waals surface area contributed by atoms with Gasteiger partial charge in [-0.05, 0) is 31.0 Å². The second-order valence-electron chi connectivity index (χ2n) is 5.55. The molecule has 2 heterocycles. The maximum Gasteiger partial charge on any atom is 0.262 e. The Balaban J connectivity index is 1.90. The Labute approximate surface area is 148 Å². The zero-order chi connectivity index (χ0) is 18.0. The molecule has 0 saturated heterocycles. The number of nitrogens with one attached hydrogen (secondary N) is 1. The van der Waals surface area contributed by atoms with Gasteiger partial charge in [0.15, 0.2) is 0 Å². The van der Waals surface area contributed by atoms with Crippen LogP contribution in [0.25, 0.3) is 10.2 Å². The number of nitrogens with zero attached hydrogens (tertiary/aromatic N) is 3. The first kappa shape index (κ1) is 16.9. The molecule has 0 aliphatic carbocycles. The molecule has 0 radical (unpaired) electrons. The van der Waals surface area contributed by atoms with E-state index < -0.39 is 0 Å². The lowest BCUT2D eigenvalue weighted by atomic mass is 10.1. The number of rotatable bonds is 4. The van der Waals surface area contributed by atoms with E-state index in [0.717, 1.165) is 16.9 Å². The van der Waals surface area contributed by atoms with Crippen molar-refractivity contribution < 1.29 is 4.79 Å². The maximum absolute atomic E-state index is 12.7. The monoisotopic (exact) mass is 352 g/mol. The summed E-state index contributed by atoms with van der Waals surface area (Å²) in [6.45, 7) is 3.82. The SMILES string of the molecule is CCc1c(C)sc2ncn(CC(=O)Nc3ccccc3C#N)c(=O)c12. The first-order valence-electron chi connectivity index (χ1n) is 7.81. The Kier molecular flexibility index (Phi) is 4.63. The number of fused-ring (bicyclic) bond motifs is 1. The lowest BCUT2D eigenvalue weighted by Gasteiger charge is -2.08. The van der Waals surface area contributed by atoms with Gasteiger partial charge < -0.3 is 5.32 Å². The van der Waals surface area contributed by atoms with Crippen LogP contribution in [0.1, 0.15) is 22.9 Å². The fraction of sp³-hybridized carbons (Fsp3) is 0.222. The molecule has 0 unspecified atom stereocenters. The van der Waals surface area contributed by atoms with Gasteiger partial charge in [-0.1, -0.05) is 19.1 Å². The number of anilines is 1. The number of nitriles is 1. The number of benzene rings is 1. The summed E-state index contributed by atoms with van der Waals surface area (Å²) < 4.78 is 1.30. The topological polar surface area (TPSA) is 87.8 Å². The first-order valence-corrected chi connectivity index (χ1v) is 8.63. The average Bonchev–Trinajstić information content (AvgIpc) is 2.94. The molecule has 1 N–H and O–H groups in total. The molecular weight excluding hydrogens is 336 g/mol. The molecule has 2 aromatic heterocycles. The molecule has 3 aromatic rings. The second-order valence-corrected chi connectivity index (χ2v) is 6.76. The molecule has 0 atom stereocenters. The third kappa shape index (κ3) is 3.16. The van der Waals surface area contributed by atoms with E-state index in [2.05, 4.69) is 10.3 Å². The van der Waals surface area contributed by atoms with Crippen molar-refractivity contribution in [3.63, 3.8) is 0 Å². The number of aromatic nitrogens is 2. The van der Waals surface area contributed by atoms with Crippen LogP contribution in [0.2, 0.25) is 0 Å². The quantitative estimate of drug-likeness (QED) is 0.782. The van der Waals surface area contributed by atoms with E-state index in [4.69, 9.17) is 5.26 Å². The Morgan fingerprint density at radius 1 is 1.40 bits per heavy atom. The molecule has 0 bridgehead atoms. The minimum absolute atomic E-state index is 0.153. The lowest BCUT2D eigenvalue weighted by Crippen LogP contribution is -2.28. The van der Waals surface area contributed by atoms with Crippen LogP contribution in [0.3, 0.4) is 0 Å². The highest BCUT2D eigenvalue weighted by Crippen LogP contribution is 2.26. The first-order chi connectivity index (χ1) is 12.0. The molecule has 7 heteroatoms. The molecule has 0 spiro atoms. The second kappa shape index (κ2) is 6.87. The van der Waals surface area contributed by atoms with E-state index in [1.54, 1.807) is 24.3 Å². The molecule has 6 nitrogen and oxygen atoms in total. The Morgan fingerprint density at radius 2 is 2.16 bits per heavy atom. The summed E-state index contributed by atoms with van der Waals surface area (Å²) in [4.78, 5) is 31.1. The Morgan fingerprint density at radius 3 is 2.88 bits per heavy atom. The van der Waals surface area contributed by atoms with Gasteiger partial charge in [0, 0.05) is 4.88 Å². The van der Waals surface area contributed by atoms with Crippen LogP contribution < -0.4 is 10.9 Å². The average molecular weight is 352 g/mol. The summed E-state index contributed by atoms with van der Waals surface area (Å²) in [5.41, 5.74) is 1.58. The highest BCUT2D eigenvalue weighted by atomic mass is 32.1. The summed E-state index contributed by atoms with van der Waals surface area (Å²) in [5, 5.41) is 12.3. The van der Waals surface area contributed by atoms with E-state index >= 15 is 0 Å². The largest absolute Gasteiger partial charge is 0.323 e. The number of hydrogen-bond donors (Lipinski definition) is 1. The van der Waals surface area contributed by atoms with E-state index in [-0.39, 0.29) is 18.0 Å². The van der Waals surface area contributed by atoms with Crippen molar-refractivity contribution in [1.82, 2.24) is 9.55 Å². The van der Waals surface area contributed by atoms with Crippen molar-refractivity contribution in [3.8, 4) is 6.07 Å². The van der Waals surface area contributed by atoms with Gasteiger partial charge in [-0.15, -0.1) is 11.3 Å². The van der Waals surface area contributed by atoms with Crippen molar-refractivity contribution in [1.29, 1.82) is 5.26 Å². The van der Waals surface area contributed by atoms with Crippen LogP contribution in [0.15, 0.2) is 35.4 Å². The minimum Gasteiger partial charge on any atom is -0.323 e. The lowest BCUT2D eigenvalue weighted by molar-refractivity contribution is -0.116. The van der Waals surface area contributed by atoms with Crippen molar-refractivity contribution in [3.05, 3.63) is 57.0 Å². The van der Waals surface area contributed by atoms with Gasteiger partial charge in [0.1, 0.15) is 17.4 Å². The predicted octanol–water partition coefficient (Wildman–Crippen LogP) is 2.84. The number of thiophene rings is 1. The van der Waals surface area contributed by atoms with Crippen molar-refractivity contribution >= 4 is 33.1 Å². The molecular formula is C18H16N4O2S. The molecule has 0 aliphatic heterocycles. The third-order valence-corrected chi connectivity index (χ3v) is 5.02. The molecule has 1 amide bonds. The number of aryl methyl sites for hydroxylation is 2. The fourth-order valence-electron chi connectivity index (χ4n) is 2.76. The number of carbonyl (C=O) groups is 1. The summed E-state index contributed by atoms with van der Waals surface area (Å²) in [6.07, 6.45) is 2.14. The normalized spacial score (nSPS) is 10.6. The summed E-state index contributed by atoms with van der Waals surface area (Å²) in [5.74, 6) is -0.379. The van der Waals surface area contributed by atoms with Crippen LogP contribution in [-0.4, -0.2) is 15.5 Å². The van der Waals surface area contributed by atoms with Crippen LogP contribution in [0.4, 0.5) is 5.69 Å². The zero-order valence-electron chi connectivity index (χ0n) is 13.9. The third-order valence-electron chi connectivity index (χ3n) is 3.97. The zero-order valence-corrected chi connectivity index (χ0v) is 14.7. The van der Waals surface area contributed by atoms with Gasteiger partial charge in [-0.3, -0.25) is 14.2 Å². The maximum atomic E-state index is 12.7. The molecule has 0 saturated carbocycles. The number of hydrogen-bond acceptors (Lipinski definition) is 5. The molecule has 1 aromatic carbocycles. The van der Waals surface area contributed by atoms with Crippen LogP contribution in [0, 0.1) is 18.3 Å². The van der Waals surface area contributed by atoms with E-state index in [0.29, 0.717) is 21.5 Å². The van der Waals surface area contributed by atoms with Gasteiger partial charge >= 0.3 is 0 Å². The van der Waals surface area contributed by atoms with Crippen LogP contribution in [-0.2, 0) is 17.8 Å². The molecule has 0 aliphatic rings. The molecule has 3 rings (SSSR count). The van der Waals surface area contributed by atoms with E-state index in [1.807, 2.05) is 19.9 Å². The van der Waals surface area contributed by atoms with Gasteiger partial charge in [0.25, 0.3) is 5.56 Å². The fourth-order valence-corrected chi connectivity index (χ4v) is 3.84. The van der Waals surface area contributed by atoms with Gasteiger partial charge in [-0.2, -0.15) is 5.26 Å². The Hall–Kier alpha value is -2.98. The summed E-state index contributed by atoms with van der Waals surface area (Å²) in [7, 11) is 0. The summed E-state index contributed by atoms with van der Waals surface area (Å²) >= 11 is 1.49. The van der Waals surface area contributed by atoms with Crippen molar-refractivity contribution in [2.24, 2.45) is 0 Å². The van der Waals surface area contributed by atoms with Gasteiger partial charge in [0.05, 0.1) is 23.0 Å². The summed E-state index contributed by atoms with van der Waals surface area (Å²) in [6, 6.07) is 8.75. The number of para-hydroxylation sites is 1. The highest BCUT2D eigenvalue weighted by Gasteiger charge is 2.15. The van der Waals surface area contributed by atoms with E-state index in [1.165, 1.54) is 22.2 Å². The van der Waals surface area contributed by atoms with Gasteiger partial charge in [0.2, 0.25) is 5.91 Å². The van der Waals surface area contributed by atoms with Gasteiger partial charge in [-0.25, -0.2) is 4.98 Å². The van der Waals surface area contributed by atoms with Crippen LogP contribution in [0.5, 0.6) is 0 Å².